The quantitative estimate of drug-likeness (QED) is 0.644. The smallest absolute Gasteiger partial charge is 0.284 e. The first-order chi connectivity index (χ1) is 9.90. The van der Waals surface area contributed by atoms with Gasteiger partial charge in [-0.15, -0.1) is 4.40 Å². The van der Waals surface area contributed by atoms with E-state index in [1.54, 1.807) is 19.0 Å². The monoisotopic (exact) mass is 322 g/mol. The second kappa shape index (κ2) is 6.28. The maximum atomic E-state index is 12.4. The predicted octanol–water partition coefficient (Wildman–Crippen LogP) is 3.04. The van der Waals surface area contributed by atoms with Crippen molar-refractivity contribution < 1.29 is 8.42 Å². The van der Waals surface area contributed by atoms with Crippen LogP contribution < -0.4 is 0 Å². The van der Waals surface area contributed by atoms with Gasteiger partial charge in [-0.25, -0.2) is 0 Å². The first kappa shape index (κ1) is 15.5. The van der Waals surface area contributed by atoms with Crippen molar-refractivity contribution in [1.29, 1.82) is 0 Å². The lowest BCUT2D eigenvalue weighted by Crippen LogP contribution is -2.24. The van der Waals surface area contributed by atoms with E-state index in [2.05, 4.69) is 4.40 Å². The van der Waals surface area contributed by atoms with Crippen LogP contribution >= 0.6 is 11.6 Å². The topological polar surface area (TPSA) is 49.7 Å². The highest BCUT2D eigenvalue weighted by molar-refractivity contribution is 7.90. The van der Waals surface area contributed by atoms with Gasteiger partial charge in [-0.2, -0.15) is 8.42 Å². The fourth-order valence-electron chi connectivity index (χ4n) is 1.75. The molecule has 0 unspecified atom stereocenters. The normalized spacial score (nSPS) is 12.2. The molecule has 0 spiro atoms. The molecule has 0 radical (unpaired) electrons. The van der Waals surface area contributed by atoms with E-state index in [-0.39, 0.29) is 4.90 Å². The summed E-state index contributed by atoms with van der Waals surface area (Å²) in [6.07, 6.45) is 0. The SMILES string of the molecule is CN(C)/C(=N\S(=O)(=O)c1ccc(Cl)cc1)c1ccccc1. The second-order valence-electron chi connectivity index (χ2n) is 4.60. The zero-order valence-corrected chi connectivity index (χ0v) is 13.3. The van der Waals surface area contributed by atoms with Gasteiger partial charge in [0.15, 0.2) is 0 Å². The van der Waals surface area contributed by atoms with Crippen LogP contribution in [0.4, 0.5) is 0 Å². The van der Waals surface area contributed by atoms with Crippen molar-refractivity contribution in [2.75, 3.05) is 14.1 Å². The number of rotatable bonds is 3. The summed E-state index contributed by atoms with van der Waals surface area (Å²) in [6, 6.07) is 15.1. The zero-order valence-electron chi connectivity index (χ0n) is 11.7. The van der Waals surface area contributed by atoms with Gasteiger partial charge in [0.1, 0.15) is 5.84 Å². The van der Waals surface area contributed by atoms with Crippen molar-refractivity contribution in [2.45, 2.75) is 4.90 Å². The molecule has 2 aromatic rings. The average Bonchev–Trinajstić information content (AvgIpc) is 2.46. The van der Waals surface area contributed by atoms with Crippen LogP contribution in [-0.2, 0) is 10.0 Å². The van der Waals surface area contributed by atoms with Crippen LogP contribution in [0.1, 0.15) is 5.56 Å². The summed E-state index contributed by atoms with van der Waals surface area (Å²) in [5.41, 5.74) is 0.736. The van der Waals surface area contributed by atoms with E-state index in [1.807, 2.05) is 30.3 Å². The van der Waals surface area contributed by atoms with Gasteiger partial charge in [-0.1, -0.05) is 41.9 Å². The molecule has 4 nitrogen and oxygen atoms in total. The summed E-state index contributed by atoms with van der Waals surface area (Å²) in [7, 11) is -0.275. The van der Waals surface area contributed by atoms with Crippen LogP contribution in [0.15, 0.2) is 63.9 Å². The lowest BCUT2D eigenvalue weighted by molar-refractivity contribution is 0.592. The van der Waals surface area contributed by atoms with E-state index in [4.69, 9.17) is 11.6 Å². The third-order valence-corrected chi connectivity index (χ3v) is 4.31. The molecule has 0 amide bonds. The molecule has 110 valence electrons. The number of halogens is 1. The Bertz CT molecular complexity index is 739. The molecule has 0 saturated carbocycles. The largest absolute Gasteiger partial charge is 0.362 e. The average molecular weight is 323 g/mol. The van der Waals surface area contributed by atoms with Gasteiger partial charge >= 0.3 is 0 Å². The van der Waals surface area contributed by atoms with E-state index < -0.39 is 10.0 Å². The summed E-state index contributed by atoms with van der Waals surface area (Å²) in [4.78, 5) is 1.78. The Morgan fingerprint density at radius 3 is 2.10 bits per heavy atom. The third-order valence-electron chi connectivity index (χ3n) is 2.77. The Morgan fingerprint density at radius 2 is 1.57 bits per heavy atom. The van der Waals surface area contributed by atoms with E-state index in [0.29, 0.717) is 10.9 Å². The number of nitrogens with zero attached hydrogens (tertiary/aromatic N) is 2. The number of hydrogen-bond donors (Lipinski definition) is 0. The zero-order chi connectivity index (χ0) is 15.5. The third kappa shape index (κ3) is 3.83. The molecule has 0 fully saturated rings. The van der Waals surface area contributed by atoms with E-state index in [1.165, 1.54) is 24.3 Å². The lowest BCUT2D eigenvalue weighted by Gasteiger charge is -2.15. The first-order valence-electron chi connectivity index (χ1n) is 6.23. The van der Waals surface area contributed by atoms with E-state index in [0.717, 1.165) is 5.56 Å². The highest BCUT2D eigenvalue weighted by Crippen LogP contribution is 2.17. The van der Waals surface area contributed by atoms with Crippen molar-refractivity contribution in [3.05, 3.63) is 65.2 Å². The predicted molar refractivity (Wildman–Crippen MR) is 85.3 cm³/mol. The van der Waals surface area contributed by atoms with Crippen LogP contribution in [0.5, 0.6) is 0 Å². The number of amidine groups is 1. The van der Waals surface area contributed by atoms with Gasteiger partial charge in [0, 0.05) is 24.7 Å². The minimum atomic E-state index is -3.78. The molecule has 0 aliphatic rings. The Kier molecular flexibility index (Phi) is 4.65. The van der Waals surface area contributed by atoms with Gasteiger partial charge in [0.05, 0.1) is 4.90 Å². The maximum Gasteiger partial charge on any atom is 0.284 e. The van der Waals surface area contributed by atoms with E-state index >= 15 is 0 Å². The highest BCUT2D eigenvalue weighted by Gasteiger charge is 2.16. The number of hydrogen-bond acceptors (Lipinski definition) is 2. The van der Waals surface area contributed by atoms with Crippen LogP contribution in [0, 0.1) is 0 Å². The molecule has 2 aromatic carbocycles. The molecule has 0 heterocycles. The van der Waals surface area contributed by atoms with Gasteiger partial charge in [0.2, 0.25) is 0 Å². The van der Waals surface area contributed by atoms with Crippen molar-refractivity contribution >= 4 is 27.5 Å². The van der Waals surface area contributed by atoms with Gasteiger partial charge in [-0.3, -0.25) is 0 Å². The Balaban J connectivity index is 2.49. The molecular formula is C15H15ClN2O2S. The fraction of sp³-hybridized carbons (Fsp3) is 0.133. The molecule has 2 rings (SSSR count). The van der Waals surface area contributed by atoms with Crippen molar-refractivity contribution in [2.24, 2.45) is 4.40 Å². The molecule has 21 heavy (non-hydrogen) atoms. The minimum Gasteiger partial charge on any atom is -0.362 e. The molecule has 0 atom stereocenters. The number of benzene rings is 2. The Labute approximate surface area is 129 Å². The van der Waals surface area contributed by atoms with E-state index in [9.17, 15) is 8.42 Å². The molecule has 0 N–H and O–H groups in total. The summed E-state index contributed by atoms with van der Waals surface area (Å²) in [5.74, 6) is 0.380. The summed E-state index contributed by atoms with van der Waals surface area (Å²) < 4.78 is 28.7. The molecule has 0 aromatic heterocycles. The van der Waals surface area contributed by atoms with Crippen molar-refractivity contribution in [3.63, 3.8) is 0 Å². The first-order valence-corrected chi connectivity index (χ1v) is 8.05. The molecule has 0 aliphatic carbocycles. The Hall–Kier alpha value is -1.85. The molecule has 6 heteroatoms. The van der Waals surface area contributed by atoms with Crippen molar-refractivity contribution in [1.82, 2.24) is 4.90 Å². The number of sulfonamides is 1. The summed E-state index contributed by atoms with van der Waals surface area (Å²) in [6.45, 7) is 0. The van der Waals surface area contributed by atoms with Gasteiger partial charge < -0.3 is 4.90 Å². The van der Waals surface area contributed by atoms with Crippen LogP contribution in [0.2, 0.25) is 5.02 Å². The van der Waals surface area contributed by atoms with Gasteiger partial charge in [0.25, 0.3) is 10.0 Å². The Morgan fingerprint density at radius 1 is 1.00 bits per heavy atom. The molecule has 0 saturated heterocycles. The molecular weight excluding hydrogens is 308 g/mol. The fourth-order valence-corrected chi connectivity index (χ4v) is 2.96. The van der Waals surface area contributed by atoms with Crippen LogP contribution in [0.25, 0.3) is 0 Å². The standard InChI is InChI=1S/C15H15ClN2O2S/c1-18(2)15(12-6-4-3-5-7-12)17-21(19,20)14-10-8-13(16)9-11-14/h3-11H,1-2H3/b17-15-. The maximum absolute atomic E-state index is 12.4. The van der Waals surface area contributed by atoms with Gasteiger partial charge in [-0.05, 0) is 24.3 Å². The molecule has 0 bridgehead atoms. The minimum absolute atomic E-state index is 0.113. The van der Waals surface area contributed by atoms with Crippen molar-refractivity contribution in [3.8, 4) is 0 Å². The molecule has 0 aliphatic heterocycles. The van der Waals surface area contributed by atoms with Crippen LogP contribution in [0.3, 0.4) is 0 Å². The lowest BCUT2D eigenvalue weighted by atomic mass is 10.2. The highest BCUT2D eigenvalue weighted by atomic mass is 35.5. The van der Waals surface area contributed by atoms with Crippen LogP contribution in [-0.4, -0.2) is 33.2 Å². The summed E-state index contributed by atoms with van der Waals surface area (Å²) in [5, 5.41) is 0.480. The summed E-state index contributed by atoms with van der Waals surface area (Å²) >= 11 is 5.77. The second-order valence-corrected chi connectivity index (χ2v) is 6.64.